The summed E-state index contributed by atoms with van der Waals surface area (Å²) in [6, 6.07) is 12.9. The maximum Gasteiger partial charge on any atom is 0.254 e. The Labute approximate surface area is 191 Å². The highest BCUT2D eigenvalue weighted by molar-refractivity contribution is 7.99. The number of hydrogen-bond donors (Lipinski definition) is 2. The Balaban J connectivity index is 1.34. The number of rotatable bonds is 5. The molecule has 32 heavy (non-hydrogen) atoms. The third kappa shape index (κ3) is 5.41. The van der Waals surface area contributed by atoms with E-state index in [0.29, 0.717) is 42.3 Å². The molecule has 0 radical (unpaired) electrons. The maximum atomic E-state index is 12.8. The van der Waals surface area contributed by atoms with Crippen LogP contribution in [0.15, 0.2) is 47.4 Å². The molecule has 2 N–H and O–H groups in total. The molecule has 1 fully saturated rings. The minimum absolute atomic E-state index is 0.0618. The van der Waals surface area contributed by atoms with E-state index in [1.54, 1.807) is 30.9 Å². The summed E-state index contributed by atoms with van der Waals surface area (Å²) in [7, 11) is 1.59. The summed E-state index contributed by atoms with van der Waals surface area (Å²) >= 11 is 1.58. The number of benzene rings is 2. The van der Waals surface area contributed by atoms with Gasteiger partial charge in [0.2, 0.25) is 11.8 Å². The van der Waals surface area contributed by atoms with Gasteiger partial charge >= 0.3 is 0 Å². The number of morpholine rings is 1. The van der Waals surface area contributed by atoms with E-state index in [-0.39, 0.29) is 24.3 Å². The van der Waals surface area contributed by atoms with Gasteiger partial charge in [-0.3, -0.25) is 14.4 Å². The van der Waals surface area contributed by atoms with Crippen molar-refractivity contribution in [2.45, 2.75) is 11.3 Å². The first-order valence-electron chi connectivity index (χ1n) is 10.5. The van der Waals surface area contributed by atoms with Gasteiger partial charge in [-0.25, -0.2) is 0 Å². The molecule has 3 amide bonds. The van der Waals surface area contributed by atoms with Gasteiger partial charge in [0.1, 0.15) is 0 Å². The largest absolute Gasteiger partial charge is 0.378 e. The van der Waals surface area contributed by atoms with Crippen LogP contribution in [0, 0.1) is 0 Å². The zero-order chi connectivity index (χ0) is 22.5. The summed E-state index contributed by atoms with van der Waals surface area (Å²) in [6.45, 7) is 3.05. The van der Waals surface area contributed by atoms with Crippen LogP contribution in [0.5, 0.6) is 0 Å². The molecule has 0 bridgehead atoms. The first-order chi connectivity index (χ1) is 15.5. The first-order valence-corrected chi connectivity index (χ1v) is 11.5. The Morgan fingerprint density at radius 2 is 1.91 bits per heavy atom. The van der Waals surface area contributed by atoms with Crippen LogP contribution in [0.2, 0.25) is 0 Å². The predicted octanol–water partition coefficient (Wildman–Crippen LogP) is 2.67. The van der Waals surface area contributed by atoms with Crippen LogP contribution >= 0.6 is 11.8 Å². The second-order valence-electron chi connectivity index (χ2n) is 7.71. The summed E-state index contributed by atoms with van der Waals surface area (Å²) in [5.41, 5.74) is 2.84. The summed E-state index contributed by atoms with van der Waals surface area (Å²) in [5, 5.41) is 5.67. The van der Waals surface area contributed by atoms with Gasteiger partial charge in [-0.15, -0.1) is 11.8 Å². The molecule has 2 aromatic carbocycles. The number of thioether (sulfide) groups is 1. The van der Waals surface area contributed by atoms with E-state index in [9.17, 15) is 14.4 Å². The fourth-order valence-corrected chi connectivity index (χ4v) is 4.58. The third-order valence-corrected chi connectivity index (χ3v) is 6.42. The van der Waals surface area contributed by atoms with E-state index in [0.717, 1.165) is 23.7 Å². The van der Waals surface area contributed by atoms with Crippen molar-refractivity contribution < 1.29 is 19.1 Å². The summed E-state index contributed by atoms with van der Waals surface area (Å²) < 4.78 is 5.37. The number of nitrogens with one attached hydrogen (secondary N) is 2. The molecule has 0 aliphatic carbocycles. The van der Waals surface area contributed by atoms with Crippen LogP contribution in [0.1, 0.15) is 16.8 Å². The Kier molecular flexibility index (Phi) is 6.96. The molecule has 2 aliphatic heterocycles. The van der Waals surface area contributed by atoms with Crippen LogP contribution in [-0.4, -0.2) is 68.3 Å². The second-order valence-corrected chi connectivity index (χ2v) is 8.85. The standard InChI is InChI=1S/C23H26N4O4S/c1-26(23(30)16-2-7-20-19(14-16)25-21(28)8-13-32-20)15-22(29)24-17-3-5-18(6-4-17)27-9-11-31-12-10-27/h2-7,14H,8-13,15H2,1H3,(H,24,29)(H,25,28). The van der Waals surface area contributed by atoms with Gasteiger partial charge in [0, 0.05) is 54.1 Å². The summed E-state index contributed by atoms with van der Waals surface area (Å²) in [5.74, 6) is 0.0838. The molecule has 2 heterocycles. The monoisotopic (exact) mass is 454 g/mol. The number of nitrogens with zero attached hydrogens (tertiary/aromatic N) is 2. The van der Waals surface area contributed by atoms with E-state index in [1.165, 1.54) is 4.90 Å². The predicted molar refractivity (Wildman–Crippen MR) is 125 cm³/mol. The van der Waals surface area contributed by atoms with Crippen molar-refractivity contribution >= 4 is 46.5 Å². The van der Waals surface area contributed by atoms with E-state index in [4.69, 9.17) is 4.74 Å². The lowest BCUT2D eigenvalue weighted by molar-refractivity contribution is -0.117. The van der Waals surface area contributed by atoms with Gasteiger partial charge in [0.15, 0.2) is 0 Å². The van der Waals surface area contributed by atoms with Crippen LogP contribution in [0.25, 0.3) is 0 Å². The molecule has 0 saturated carbocycles. The highest BCUT2D eigenvalue weighted by Crippen LogP contribution is 2.31. The molecule has 8 nitrogen and oxygen atoms in total. The average Bonchev–Trinajstić information content (AvgIpc) is 2.99. The molecule has 2 aromatic rings. The number of carbonyl (C=O) groups is 3. The van der Waals surface area contributed by atoms with Gasteiger partial charge in [0.05, 0.1) is 25.4 Å². The van der Waals surface area contributed by atoms with E-state index >= 15 is 0 Å². The SMILES string of the molecule is CN(CC(=O)Nc1ccc(N2CCOCC2)cc1)C(=O)c1ccc2c(c1)NC(=O)CCS2. The fourth-order valence-electron chi connectivity index (χ4n) is 3.64. The van der Waals surface area contributed by atoms with Crippen LogP contribution in [-0.2, 0) is 14.3 Å². The number of fused-ring (bicyclic) bond motifs is 1. The van der Waals surface area contributed by atoms with Gasteiger partial charge in [-0.2, -0.15) is 0 Å². The van der Waals surface area contributed by atoms with Crippen molar-refractivity contribution in [2.24, 2.45) is 0 Å². The maximum absolute atomic E-state index is 12.8. The topological polar surface area (TPSA) is 91.0 Å². The number of ether oxygens (including phenoxy) is 1. The lowest BCUT2D eigenvalue weighted by atomic mass is 10.1. The molecular weight excluding hydrogens is 428 g/mol. The molecule has 0 spiro atoms. The van der Waals surface area contributed by atoms with E-state index < -0.39 is 0 Å². The molecule has 2 aliphatic rings. The molecular formula is C23H26N4O4S. The number of hydrogen-bond acceptors (Lipinski definition) is 6. The highest BCUT2D eigenvalue weighted by atomic mass is 32.2. The minimum atomic E-state index is -0.283. The Morgan fingerprint density at radius 3 is 2.66 bits per heavy atom. The number of amides is 3. The van der Waals surface area contributed by atoms with Crippen molar-refractivity contribution in [3.05, 3.63) is 48.0 Å². The lowest BCUT2D eigenvalue weighted by Gasteiger charge is -2.28. The Bertz CT molecular complexity index is 1010. The molecule has 0 aromatic heterocycles. The number of likely N-dealkylation sites (N-methyl/N-ethyl adjacent to an activating group) is 1. The van der Waals surface area contributed by atoms with Gasteiger partial charge in [-0.1, -0.05) is 0 Å². The zero-order valence-electron chi connectivity index (χ0n) is 17.9. The van der Waals surface area contributed by atoms with Crippen molar-refractivity contribution in [1.82, 2.24) is 4.90 Å². The average molecular weight is 455 g/mol. The molecule has 9 heteroatoms. The molecule has 168 valence electrons. The number of carbonyl (C=O) groups excluding carboxylic acids is 3. The van der Waals surface area contributed by atoms with E-state index in [1.807, 2.05) is 30.3 Å². The summed E-state index contributed by atoms with van der Waals surface area (Å²) in [4.78, 5) is 41.6. The Morgan fingerprint density at radius 1 is 1.16 bits per heavy atom. The Hall–Kier alpha value is -3.04. The minimum Gasteiger partial charge on any atom is -0.378 e. The van der Waals surface area contributed by atoms with Crippen LogP contribution in [0.4, 0.5) is 17.1 Å². The van der Waals surface area contributed by atoms with Crippen molar-refractivity contribution in [2.75, 3.05) is 61.2 Å². The first kappa shape index (κ1) is 22.2. The van der Waals surface area contributed by atoms with Crippen LogP contribution < -0.4 is 15.5 Å². The molecule has 0 unspecified atom stereocenters. The molecule has 1 saturated heterocycles. The lowest BCUT2D eigenvalue weighted by Crippen LogP contribution is -2.36. The van der Waals surface area contributed by atoms with E-state index in [2.05, 4.69) is 15.5 Å². The fraction of sp³-hybridized carbons (Fsp3) is 0.348. The number of anilines is 3. The van der Waals surface area contributed by atoms with Crippen LogP contribution in [0.3, 0.4) is 0 Å². The van der Waals surface area contributed by atoms with Crippen molar-refractivity contribution in [1.29, 1.82) is 0 Å². The van der Waals surface area contributed by atoms with Gasteiger partial charge in [-0.05, 0) is 42.5 Å². The highest BCUT2D eigenvalue weighted by Gasteiger charge is 2.19. The second kappa shape index (κ2) is 10.1. The van der Waals surface area contributed by atoms with Gasteiger partial charge in [0.25, 0.3) is 5.91 Å². The van der Waals surface area contributed by atoms with Crippen molar-refractivity contribution in [3.63, 3.8) is 0 Å². The third-order valence-electron chi connectivity index (χ3n) is 5.34. The summed E-state index contributed by atoms with van der Waals surface area (Å²) in [6.07, 6.45) is 0.441. The van der Waals surface area contributed by atoms with Gasteiger partial charge < -0.3 is 25.2 Å². The zero-order valence-corrected chi connectivity index (χ0v) is 18.7. The smallest absolute Gasteiger partial charge is 0.254 e. The quantitative estimate of drug-likeness (QED) is 0.722. The molecule has 4 rings (SSSR count). The molecule has 0 atom stereocenters. The van der Waals surface area contributed by atoms with Crippen molar-refractivity contribution in [3.8, 4) is 0 Å². The normalized spacial score (nSPS) is 15.9.